The summed E-state index contributed by atoms with van der Waals surface area (Å²) in [5.41, 5.74) is 6.10. The van der Waals surface area contributed by atoms with E-state index in [1.807, 2.05) is 25.1 Å². The second kappa shape index (κ2) is 12.8. The number of hydrogen-bond donors (Lipinski definition) is 1. The van der Waals surface area contributed by atoms with E-state index in [0.29, 0.717) is 37.5 Å². The Morgan fingerprint density at radius 1 is 1.00 bits per heavy atom. The third-order valence-corrected chi connectivity index (χ3v) is 6.28. The van der Waals surface area contributed by atoms with Gasteiger partial charge in [0.05, 0.1) is 18.9 Å². The van der Waals surface area contributed by atoms with Crippen LogP contribution in [0, 0.1) is 6.92 Å². The molecule has 0 aliphatic heterocycles. The number of para-hydroxylation sites is 2. The number of nitrogens with one attached hydrogen (secondary N) is 1. The highest BCUT2D eigenvalue weighted by Crippen LogP contribution is 2.26. The smallest absolute Gasteiger partial charge is 0.305 e. The third kappa shape index (κ3) is 7.13. The molecule has 0 saturated heterocycles. The molecule has 1 amide bonds. The molecule has 4 aromatic rings. The Hall–Kier alpha value is -4.32. The summed E-state index contributed by atoms with van der Waals surface area (Å²) < 4.78 is 13.0. The second-order valence-electron chi connectivity index (χ2n) is 9.27. The quantitative estimate of drug-likeness (QED) is 0.137. The second-order valence-corrected chi connectivity index (χ2v) is 9.27. The zero-order valence-electron chi connectivity index (χ0n) is 22.2. The molecule has 0 bridgehead atoms. The van der Waals surface area contributed by atoms with Crippen LogP contribution in [0.3, 0.4) is 0 Å². The normalized spacial score (nSPS) is 11.4. The lowest BCUT2D eigenvalue weighted by atomic mass is 10.0. The number of anilines is 1. The van der Waals surface area contributed by atoms with Crippen LogP contribution in [-0.2, 0) is 20.9 Å². The van der Waals surface area contributed by atoms with Crippen molar-refractivity contribution in [3.8, 4) is 5.75 Å². The first kappa shape index (κ1) is 26.7. The van der Waals surface area contributed by atoms with Gasteiger partial charge >= 0.3 is 5.97 Å². The van der Waals surface area contributed by atoms with Gasteiger partial charge in [0.1, 0.15) is 5.75 Å². The lowest BCUT2D eigenvalue weighted by Gasteiger charge is -2.12. The van der Waals surface area contributed by atoms with E-state index in [4.69, 9.17) is 9.47 Å². The fourth-order valence-corrected chi connectivity index (χ4v) is 4.25. The summed E-state index contributed by atoms with van der Waals surface area (Å²) in [5, 5.41) is 4.05. The van der Waals surface area contributed by atoms with E-state index in [1.54, 1.807) is 25.1 Å². The van der Waals surface area contributed by atoms with Crippen molar-refractivity contribution in [2.24, 2.45) is 0 Å². The van der Waals surface area contributed by atoms with E-state index in [2.05, 4.69) is 65.5 Å². The number of nitrogens with zero attached hydrogens (tertiary/aromatic N) is 1. The molecular weight excluding hydrogens is 476 g/mol. The Labute approximate surface area is 223 Å². The number of carbonyl (C=O) groups excluding carboxylic acids is 2. The highest BCUT2D eigenvalue weighted by molar-refractivity contribution is 6.04. The van der Waals surface area contributed by atoms with E-state index in [9.17, 15) is 9.59 Å². The number of rotatable bonds is 11. The van der Waals surface area contributed by atoms with Gasteiger partial charge in [0.15, 0.2) is 0 Å². The molecule has 0 aliphatic rings. The van der Waals surface area contributed by atoms with Crippen molar-refractivity contribution in [1.82, 2.24) is 4.57 Å². The van der Waals surface area contributed by atoms with E-state index in [0.717, 1.165) is 28.6 Å². The van der Waals surface area contributed by atoms with Crippen molar-refractivity contribution < 1.29 is 19.1 Å². The van der Waals surface area contributed by atoms with Crippen LogP contribution in [0.2, 0.25) is 0 Å². The van der Waals surface area contributed by atoms with Gasteiger partial charge < -0.3 is 19.4 Å². The molecule has 0 fully saturated rings. The van der Waals surface area contributed by atoms with Gasteiger partial charge in [-0.1, -0.05) is 48.0 Å². The lowest BCUT2D eigenvalue weighted by molar-refractivity contribution is -0.143. The Bertz CT molecular complexity index is 1430. The summed E-state index contributed by atoms with van der Waals surface area (Å²) in [6.07, 6.45) is 4.53. The van der Waals surface area contributed by atoms with Crippen LogP contribution < -0.4 is 10.1 Å². The van der Waals surface area contributed by atoms with Gasteiger partial charge in [-0.3, -0.25) is 9.59 Å². The minimum atomic E-state index is -0.237. The maximum Gasteiger partial charge on any atom is 0.305 e. The van der Waals surface area contributed by atoms with E-state index < -0.39 is 0 Å². The average molecular weight is 511 g/mol. The van der Waals surface area contributed by atoms with Crippen LogP contribution in [-0.4, -0.2) is 29.7 Å². The number of hydrogen-bond acceptors (Lipinski definition) is 4. The minimum absolute atomic E-state index is 0.234. The van der Waals surface area contributed by atoms with Crippen molar-refractivity contribution in [3.05, 3.63) is 102 Å². The standard InChI is InChI=1S/C32H34N2O4/c1-4-37-32(36)10-7-19-38-30-9-6-5-8-28(30)33-31(35)20-24(3)26-15-16-29-27(21-26)17-18-34(29)22-25-13-11-23(2)12-14-25/h5-6,8-9,11-18,20-21H,4,7,10,19,22H2,1-3H3,(H,33,35)/b24-20+. The number of aromatic nitrogens is 1. The van der Waals surface area contributed by atoms with Gasteiger partial charge in [-0.2, -0.15) is 0 Å². The van der Waals surface area contributed by atoms with Crippen molar-refractivity contribution in [2.75, 3.05) is 18.5 Å². The molecule has 0 radical (unpaired) electrons. The van der Waals surface area contributed by atoms with E-state index in [-0.39, 0.29) is 11.9 Å². The monoisotopic (exact) mass is 510 g/mol. The number of fused-ring (bicyclic) bond motifs is 1. The lowest BCUT2D eigenvalue weighted by Crippen LogP contribution is -2.11. The van der Waals surface area contributed by atoms with Crippen LogP contribution in [0.4, 0.5) is 5.69 Å². The molecule has 0 atom stereocenters. The van der Waals surface area contributed by atoms with Crippen molar-refractivity contribution in [1.29, 1.82) is 0 Å². The molecule has 1 aromatic heterocycles. The molecule has 6 nitrogen and oxygen atoms in total. The SMILES string of the molecule is CCOC(=O)CCCOc1ccccc1NC(=O)/C=C(\C)c1ccc2c(ccn2Cc2ccc(C)cc2)c1. The zero-order chi connectivity index (χ0) is 26.9. The predicted molar refractivity (Wildman–Crippen MR) is 152 cm³/mol. The molecule has 0 aliphatic carbocycles. The average Bonchev–Trinajstić information content (AvgIpc) is 3.30. The molecule has 0 spiro atoms. The molecule has 38 heavy (non-hydrogen) atoms. The molecule has 1 N–H and O–H groups in total. The zero-order valence-corrected chi connectivity index (χ0v) is 22.2. The van der Waals surface area contributed by atoms with E-state index >= 15 is 0 Å². The third-order valence-electron chi connectivity index (χ3n) is 6.28. The number of carbonyl (C=O) groups is 2. The highest BCUT2D eigenvalue weighted by atomic mass is 16.5. The topological polar surface area (TPSA) is 69.6 Å². The fraction of sp³-hybridized carbons (Fsp3) is 0.250. The molecule has 0 saturated carbocycles. The van der Waals surface area contributed by atoms with Gasteiger partial charge in [0.25, 0.3) is 0 Å². The number of esters is 1. The first-order valence-corrected chi connectivity index (χ1v) is 12.9. The van der Waals surface area contributed by atoms with Gasteiger partial charge in [0.2, 0.25) is 5.91 Å². The molecule has 196 valence electrons. The van der Waals surface area contributed by atoms with Crippen LogP contribution in [0.15, 0.2) is 85.1 Å². The molecule has 6 heteroatoms. The van der Waals surface area contributed by atoms with Gasteiger partial charge in [0, 0.05) is 36.1 Å². The molecule has 3 aromatic carbocycles. The van der Waals surface area contributed by atoms with Crippen molar-refractivity contribution >= 4 is 34.0 Å². The van der Waals surface area contributed by atoms with Crippen LogP contribution in [0.5, 0.6) is 5.75 Å². The maximum atomic E-state index is 12.8. The summed E-state index contributed by atoms with van der Waals surface area (Å²) in [6.45, 7) is 7.34. The first-order chi connectivity index (χ1) is 18.4. The maximum absolute atomic E-state index is 12.8. The first-order valence-electron chi connectivity index (χ1n) is 12.9. The summed E-state index contributed by atoms with van der Waals surface area (Å²) in [6, 6.07) is 24.2. The molecule has 0 unspecified atom stereocenters. The Morgan fingerprint density at radius 2 is 1.79 bits per heavy atom. The number of benzene rings is 3. The minimum Gasteiger partial charge on any atom is -0.491 e. The molecule has 4 rings (SSSR count). The largest absolute Gasteiger partial charge is 0.491 e. The van der Waals surface area contributed by atoms with Crippen molar-refractivity contribution in [3.63, 3.8) is 0 Å². The Balaban J connectivity index is 1.39. The molecule has 1 heterocycles. The van der Waals surface area contributed by atoms with Gasteiger partial charge in [-0.25, -0.2) is 0 Å². The summed E-state index contributed by atoms with van der Waals surface area (Å²) in [7, 11) is 0. The van der Waals surface area contributed by atoms with Crippen LogP contribution >= 0.6 is 0 Å². The predicted octanol–water partition coefficient (Wildman–Crippen LogP) is 6.76. The number of allylic oxidation sites excluding steroid dienone is 1. The Kier molecular flexibility index (Phi) is 8.98. The fourth-order valence-electron chi connectivity index (χ4n) is 4.25. The number of ether oxygens (including phenoxy) is 2. The molecular formula is C32H34N2O4. The van der Waals surface area contributed by atoms with Crippen LogP contribution in [0.25, 0.3) is 16.5 Å². The van der Waals surface area contributed by atoms with Gasteiger partial charge in [-0.05, 0) is 74.2 Å². The van der Waals surface area contributed by atoms with Crippen LogP contribution in [0.1, 0.15) is 43.4 Å². The Morgan fingerprint density at radius 3 is 2.58 bits per heavy atom. The van der Waals surface area contributed by atoms with Gasteiger partial charge in [-0.15, -0.1) is 0 Å². The summed E-state index contributed by atoms with van der Waals surface area (Å²) >= 11 is 0. The highest BCUT2D eigenvalue weighted by Gasteiger charge is 2.09. The number of amides is 1. The summed E-state index contributed by atoms with van der Waals surface area (Å²) in [4.78, 5) is 24.3. The van der Waals surface area contributed by atoms with Crippen molar-refractivity contribution in [2.45, 2.75) is 40.2 Å². The number of aryl methyl sites for hydroxylation is 1. The van der Waals surface area contributed by atoms with E-state index in [1.165, 1.54) is 11.1 Å². The summed E-state index contributed by atoms with van der Waals surface area (Å²) in [5.74, 6) is 0.0912.